The molecular weight excluding hydrogens is 206 g/mol. The van der Waals surface area contributed by atoms with Crippen molar-refractivity contribution in [1.29, 1.82) is 0 Å². The molecule has 0 aliphatic carbocycles. The van der Waals surface area contributed by atoms with Crippen LogP contribution in [-0.2, 0) is 0 Å². The SMILES string of the molecule is Cc1cscc1C(N)c1cccnc1N. The fraction of sp³-hybridized carbons (Fsp3) is 0.182. The predicted octanol–water partition coefficient (Wildman–Crippen LogP) is 2.08. The molecule has 0 saturated carbocycles. The van der Waals surface area contributed by atoms with Crippen LogP contribution in [0.5, 0.6) is 0 Å². The lowest BCUT2D eigenvalue weighted by atomic mass is 10.0. The van der Waals surface area contributed by atoms with Gasteiger partial charge in [-0.3, -0.25) is 0 Å². The van der Waals surface area contributed by atoms with Gasteiger partial charge in [0, 0.05) is 11.8 Å². The highest BCUT2D eigenvalue weighted by Gasteiger charge is 2.14. The summed E-state index contributed by atoms with van der Waals surface area (Å²) < 4.78 is 0. The van der Waals surface area contributed by atoms with E-state index in [0.717, 1.165) is 11.1 Å². The molecule has 0 aliphatic heterocycles. The number of rotatable bonds is 2. The van der Waals surface area contributed by atoms with Gasteiger partial charge in [-0.25, -0.2) is 4.98 Å². The lowest BCUT2D eigenvalue weighted by Crippen LogP contribution is -2.14. The summed E-state index contributed by atoms with van der Waals surface area (Å²) in [5.41, 5.74) is 15.2. The van der Waals surface area contributed by atoms with Crippen LogP contribution in [0.15, 0.2) is 29.1 Å². The molecule has 0 aliphatic rings. The third-order valence-corrected chi connectivity index (χ3v) is 3.32. The smallest absolute Gasteiger partial charge is 0.128 e. The van der Waals surface area contributed by atoms with E-state index in [4.69, 9.17) is 11.5 Å². The zero-order chi connectivity index (χ0) is 10.8. The van der Waals surface area contributed by atoms with E-state index >= 15 is 0 Å². The topological polar surface area (TPSA) is 64.9 Å². The molecule has 0 radical (unpaired) electrons. The summed E-state index contributed by atoms with van der Waals surface area (Å²) in [6, 6.07) is 3.60. The van der Waals surface area contributed by atoms with Gasteiger partial charge in [-0.1, -0.05) is 6.07 Å². The van der Waals surface area contributed by atoms with Gasteiger partial charge in [-0.15, -0.1) is 0 Å². The Kier molecular flexibility index (Phi) is 2.70. The van der Waals surface area contributed by atoms with Crippen LogP contribution in [0.1, 0.15) is 22.7 Å². The largest absolute Gasteiger partial charge is 0.383 e. The first kappa shape index (κ1) is 10.1. The number of aromatic nitrogens is 1. The summed E-state index contributed by atoms with van der Waals surface area (Å²) in [5, 5.41) is 4.15. The summed E-state index contributed by atoms with van der Waals surface area (Å²) >= 11 is 1.65. The number of anilines is 1. The van der Waals surface area contributed by atoms with Crippen molar-refractivity contribution in [3.63, 3.8) is 0 Å². The zero-order valence-electron chi connectivity index (χ0n) is 8.47. The second-order valence-corrected chi connectivity index (χ2v) is 4.21. The van der Waals surface area contributed by atoms with E-state index in [0.29, 0.717) is 5.82 Å². The molecule has 2 aromatic rings. The molecule has 1 atom stereocenters. The van der Waals surface area contributed by atoms with Gasteiger partial charge in [0.2, 0.25) is 0 Å². The van der Waals surface area contributed by atoms with Crippen LogP contribution in [0.3, 0.4) is 0 Å². The quantitative estimate of drug-likeness (QED) is 0.812. The maximum Gasteiger partial charge on any atom is 0.128 e. The number of aryl methyl sites for hydroxylation is 1. The third kappa shape index (κ3) is 1.86. The number of hydrogen-bond donors (Lipinski definition) is 2. The number of nitrogens with zero attached hydrogens (tertiary/aromatic N) is 1. The van der Waals surface area contributed by atoms with E-state index in [2.05, 4.69) is 22.7 Å². The summed E-state index contributed by atoms with van der Waals surface area (Å²) in [4.78, 5) is 4.04. The lowest BCUT2D eigenvalue weighted by Gasteiger charge is -2.13. The zero-order valence-corrected chi connectivity index (χ0v) is 9.29. The van der Waals surface area contributed by atoms with Crippen LogP contribution in [0.2, 0.25) is 0 Å². The number of nitrogens with two attached hydrogens (primary N) is 2. The number of thiophene rings is 1. The standard InChI is InChI=1S/C11H13N3S/c1-7-5-15-6-9(7)10(12)8-3-2-4-14-11(8)13/h2-6,10H,12H2,1H3,(H2,13,14). The van der Waals surface area contributed by atoms with Gasteiger partial charge in [0.05, 0.1) is 6.04 Å². The van der Waals surface area contributed by atoms with Crippen LogP contribution in [0.25, 0.3) is 0 Å². The fourth-order valence-electron chi connectivity index (χ4n) is 1.55. The lowest BCUT2D eigenvalue weighted by molar-refractivity contribution is 0.864. The number of pyridine rings is 1. The predicted molar refractivity (Wildman–Crippen MR) is 63.7 cm³/mol. The minimum atomic E-state index is -0.176. The fourth-order valence-corrected chi connectivity index (χ4v) is 2.44. The Bertz CT molecular complexity index is 464. The molecule has 2 aromatic heterocycles. The molecule has 3 nitrogen and oxygen atoms in total. The van der Waals surface area contributed by atoms with Crippen molar-refractivity contribution in [3.8, 4) is 0 Å². The van der Waals surface area contributed by atoms with Gasteiger partial charge in [0.1, 0.15) is 5.82 Å². The van der Waals surface area contributed by atoms with Gasteiger partial charge in [0.25, 0.3) is 0 Å². The van der Waals surface area contributed by atoms with Gasteiger partial charge < -0.3 is 11.5 Å². The first-order valence-corrected chi connectivity index (χ1v) is 5.63. The molecule has 2 rings (SSSR count). The first-order chi connectivity index (χ1) is 7.20. The van der Waals surface area contributed by atoms with E-state index in [1.807, 2.05) is 12.1 Å². The van der Waals surface area contributed by atoms with Crippen LogP contribution in [0, 0.1) is 6.92 Å². The van der Waals surface area contributed by atoms with Gasteiger partial charge in [-0.2, -0.15) is 11.3 Å². The van der Waals surface area contributed by atoms with Crippen LogP contribution in [0.4, 0.5) is 5.82 Å². The van der Waals surface area contributed by atoms with Crippen LogP contribution in [-0.4, -0.2) is 4.98 Å². The van der Waals surface area contributed by atoms with Gasteiger partial charge in [0.15, 0.2) is 0 Å². The maximum atomic E-state index is 6.15. The van der Waals surface area contributed by atoms with E-state index in [1.165, 1.54) is 5.56 Å². The average Bonchev–Trinajstić information content (AvgIpc) is 2.64. The first-order valence-electron chi connectivity index (χ1n) is 4.69. The summed E-state index contributed by atoms with van der Waals surface area (Å²) in [6.45, 7) is 2.05. The minimum Gasteiger partial charge on any atom is -0.383 e. The second-order valence-electron chi connectivity index (χ2n) is 3.47. The highest BCUT2D eigenvalue weighted by Crippen LogP contribution is 2.27. The van der Waals surface area contributed by atoms with Crippen molar-refractivity contribution < 1.29 is 0 Å². The highest BCUT2D eigenvalue weighted by molar-refractivity contribution is 7.08. The molecule has 0 spiro atoms. The Labute approximate surface area is 92.8 Å². The number of hydrogen-bond acceptors (Lipinski definition) is 4. The Morgan fingerprint density at radius 2 is 2.13 bits per heavy atom. The Hall–Kier alpha value is -1.39. The molecule has 0 saturated heterocycles. The molecule has 4 N–H and O–H groups in total. The average molecular weight is 219 g/mol. The van der Waals surface area contributed by atoms with E-state index < -0.39 is 0 Å². The summed E-state index contributed by atoms with van der Waals surface area (Å²) in [5.74, 6) is 0.510. The van der Waals surface area contributed by atoms with E-state index in [1.54, 1.807) is 17.5 Å². The van der Waals surface area contributed by atoms with E-state index in [9.17, 15) is 0 Å². The van der Waals surface area contributed by atoms with Gasteiger partial charge in [-0.05, 0) is 34.9 Å². The summed E-state index contributed by atoms with van der Waals surface area (Å²) in [7, 11) is 0. The third-order valence-electron chi connectivity index (χ3n) is 2.44. The molecule has 4 heteroatoms. The molecule has 78 valence electrons. The van der Waals surface area contributed by atoms with Crippen molar-refractivity contribution in [1.82, 2.24) is 4.98 Å². The number of nitrogen functional groups attached to an aromatic ring is 1. The van der Waals surface area contributed by atoms with Crippen molar-refractivity contribution in [2.45, 2.75) is 13.0 Å². The van der Waals surface area contributed by atoms with Crippen molar-refractivity contribution in [2.24, 2.45) is 5.73 Å². The molecule has 0 amide bonds. The van der Waals surface area contributed by atoms with Crippen LogP contribution >= 0.6 is 11.3 Å². The van der Waals surface area contributed by atoms with Gasteiger partial charge >= 0.3 is 0 Å². The monoisotopic (exact) mass is 219 g/mol. The van der Waals surface area contributed by atoms with Crippen molar-refractivity contribution >= 4 is 17.2 Å². The van der Waals surface area contributed by atoms with Crippen molar-refractivity contribution in [3.05, 3.63) is 45.8 Å². The molecule has 0 fully saturated rings. The highest BCUT2D eigenvalue weighted by atomic mass is 32.1. The molecule has 1 unspecified atom stereocenters. The molecule has 15 heavy (non-hydrogen) atoms. The Morgan fingerprint density at radius 1 is 1.33 bits per heavy atom. The van der Waals surface area contributed by atoms with Crippen LogP contribution < -0.4 is 11.5 Å². The van der Waals surface area contributed by atoms with Crippen molar-refractivity contribution in [2.75, 3.05) is 5.73 Å². The summed E-state index contributed by atoms with van der Waals surface area (Å²) in [6.07, 6.45) is 1.67. The maximum absolute atomic E-state index is 6.15. The molecule has 2 heterocycles. The molecular formula is C11H13N3S. The molecule has 0 bridgehead atoms. The second kappa shape index (κ2) is 4.00. The Morgan fingerprint density at radius 3 is 2.73 bits per heavy atom. The minimum absolute atomic E-state index is 0.176. The molecule has 0 aromatic carbocycles. The Balaban J connectivity index is 2.41. The van der Waals surface area contributed by atoms with E-state index in [-0.39, 0.29) is 6.04 Å². The normalized spacial score (nSPS) is 12.7.